The van der Waals surface area contributed by atoms with E-state index in [0.29, 0.717) is 34.5 Å². The van der Waals surface area contributed by atoms with E-state index < -0.39 is 0 Å². The maximum atomic E-state index is 10.1. The van der Waals surface area contributed by atoms with E-state index in [1.165, 1.54) is 23.5 Å². The summed E-state index contributed by atoms with van der Waals surface area (Å²) in [5.41, 5.74) is 0.854. The van der Waals surface area contributed by atoms with Gasteiger partial charge in [-0.05, 0) is 43.9 Å². The van der Waals surface area contributed by atoms with E-state index in [2.05, 4.69) is 32.1 Å². The first-order valence-electron chi connectivity index (χ1n) is 11.2. The number of hydrogen-bond acceptors (Lipinski definition) is 9. The average molecular weight is 496 g/mol. The quantitative estimate of drug-likeness (QED) is 0.370. The number of anilines is 2. The molecule has 1 saturated heterocycles. The van der Waals surface area contributed by atoms with Crippen molar-refractivity contribution in [3.63, 3.8) is 0 Å². The second-order valence-corrected chi connectivity index (χ2v) is 9.77. The van der Waals surface area contributed by atoms with Crippen LogP contribution in [0.3, 0.4) is 0 Å². The summed E-state index contributed by atoms with van der Waals surface area (Å²) >= 11 is 3.03. The Kier molecular flexibility index (Phi) is 8.62. The van der Waals surface area contributed by atoms with Crippen molar-refractivity contribution in [1.29, 1.82) is 0 Å². The lowest BCUT2D eigenvalue weighted by atomic mass is 10.2. The second kappa shape index (κ2) is 12.0. The summed E-state index contributed by atoms with van der Waals surface area (Å²) in [5.74, 6) is 2.01. The molecule has 178 valence electrons. The molecule has 2 N–H and O–H groups in total. The standard InChI is InChI=1S/C24H29N7OS2/c1-3-25-23(33-17-18-9-7-8-12-20(18)32)27-21-26-22(31-15-13-30(2)14-16-31)29-24(28-21)34-19-10-5-4-6-11-19/h4-12,32H,3,13-17H2,1-2H3,(H,25,26,27,28,29). The Morgan fingerprint density at radius 3 is 2.47 bits per heavy atom. The number of piperazine rings is 1. The summed E-state index contributed by atoms with van der Waals surface area (Å²) in [5, 5.41) is 14.7. The smallest absolute Gasteiger partial charge is 0.234 e. The maximum Gasteiger partial charge on any atom is 0.234 e. The van der Waals surface area contributed by atoms with Crippen LogP contribution in [-0.2, 0) is 5.75 Å². The number of phenols is 1. The van der Waals surface area contributed by atoms with Crippen LogP contribution in [0, 0.1) is 0 Å². The van der Waals surface area contributed by atoms with Crippen molar-refractivity contribution in [3.05, 3.63) is 60.2 Å². The molecule has 3 aromatic rings. The molecule has 1 aliphatic rings. The van der Waals surface area contributed by atoms with E-state index >= 15 is 0 Å². The number of likely N-dealkylation sites (N-methyl/N-ethyl adjacent to an activating group) is 1. The molecular weight excluding hydrogens is 466 g/mol. The average Bonchev–Trinajstić information content (AvgIpc) is 2.84. The Morgan fingerprint density at radius 1 is 1.00 bits per heavy atom. The van der Waals surface area contributed by atoms with Crippen molar-refractivity contribution < 1.29 is 5.11 Å². The molecule has 8 nitrogen and oxygen atoms in total. The van der Waals surface area contributed by atoms with Gasteiger partial charge in [0.2, 0.25) is 11.9 Å². The highest BCUT2D eigenvalue weighted by molar-refractivity contribution is 8.13. The molecule has 1 aromatic heterocycles. The summed E-state index contributed by atoms with van der Waals surface area (Å²) in [6, 6.07) is 17.4. The molecule has 0 atom stereocenters. The molecule has 0 amide bonds. The number of para-hydroxylation sites is 1. The highest BCUT2D eigenvalue weighted by Crippen LogP contribution is 2.28. The third-order valence-electron chi connectivity index (χ3n) is 5.22. The second-order valence-electron chi connectivity index (χ2n) is 7.77. The van der Waals surface area contributed by atoms with Gasteiger partial charge >= 0.3 is 0 Å². The lowest BCUT2D eigenvalue weighted by Crippen LogP contribution is -2.45. The SMILES string of the molecule is CCN=C(Nc1nc(Sc2ccccc2)nc(N2CCN(C)CC2)n1)SCc1ccccc1O. The minimum absolute atomic E-state index is 0.282. The molecule has 0 radical (unpaired) electrons. The van der Waals surface area contributed by atoms with Gasteiger partial charge in [-0.2, -0.15) is 15.0 Å². The van der Waals surface area contributed by atoms with E-state index in [1.807, 2.05) is 55.5 Å². The van der Waals surface area contributed by atoms with Crippen LogP contribution in [-0.4, -0.2) is 69.9 Å². The Hall–Kier alpha value is -2.82. The van der Waals surface area contributed by atoms with Gasteiger partial charge in [0.1, 0.15) is 5.75 Å². The molecule has 10 heteroatoms. The van der Waals surface area contributed by atoms with Crippen LogP contribution < -0.4 is 10.2 Å². The summed E-state index contributed by atoms with van der Waals surface area (Å²) in [7, 11) is 2.13. The highest BCUT2D eigenvalue weighted by atomic mass is 32.2. The van der Waals surface area contributed by atoms with Gasteiger partial charge in [0, 0.05) is 48.9 Å². The van der Waals surface area contributed by atoms with Crippen LogP contribution in [0.25, 0.3) is 0 Å². The molecule has 0 spiro atoms. The number of phenolic OH excluding ortho intramolecular Hbond substituents is 1. The molecule has 2 heterocycles. The monoisotopic (exact) mass is 495 g/mol. The van der Waals surface area contributed by atoms with Gasteiger partial charge in [-0.15, -0.1) is 0 Å². The van der Waals surface area contributed by atoms with Crippen molar-refractivity contribution in [2.45, 2.75) is 22.7 Å². The number of nitrogens with one attached hydrogen (secondary N) is 1. The molecular formula is C24H29N7OS2. The third kappa shape index (κ3) is 6.85. The molecule has 0 aliphatic carbocycles. The zero-order chi connectivity index (χ0) is 23.8. The fraction of sp³-hybridized carbons (Fsp3) is 0.333. The van der Waals surface area contributed by atoms with Gasteiger partial charge in [-0.1, -0.05) is 48.2 Å². The van der Waals surface area contributed by atoms with E-state index in [1.54, 1.807) is 6.07 Å². The van der Waals surface area contributed by atoms with E-state index in [9.17, 15) is 5.11 Å². The van der Waals surface area contributed by atoms with Gasteiger partial charge in [0.15, 0.2) is 10.3 Å². The van der Waals surface area contributed by atoms with Crippen LogP contribution in [0.15, 0.2) is 69.6 Å². The molecule has 1 aliphatic heterocycles. The number of amidine groups is 1. The fourth-order valence-corrected chi connectivity index (χ4v) is 5.01. The summed E-state index contributed by atoms with van der Waals surface area (Å²) in [4.78, 5) is 24.3. The van der Waals surface area contributed by atoms with Gasteiger partial charge in [0.25, 0.3) is 0 Å². The molecule has 4 rings (SSSR count). The highest BCUT2D eigenvalue weighted by Gasteiger charge is 2.19. The topological polar surface area (TPSA) is 89.8 Å². The minimum atomic E-state index is 0.282. The molecule has 2 aromatic carbocycles. The fourth-order valence-electron chi connectivity index (χ4n) is 3.33. The maximum absolute atomic E-state index is 10.1. The molecule has 0 unspecified atom stereocenters. The predicted octanol–water partition coefficient (Wildman–Crippen LogP) is 4.20. The Balaban J connectivity index is 1.56. The van der Waals surface area contributed by atoms with E-state index in [-0.39, 0.29) is 5.75 Å². The number of aromatic hydroxyl groups is 1. The number of nitrogens with zero attached hydrogens (tertiary/aromatic N) is 6. The third-order valence-corrected chi connectivity index (χ3v) is 7.05. The molecule has 1 fully saturated rings. The first-order chi connectivity index (χ1) is 16.6. The van der Waals surface area contributed by atoms with E-state index in [4.69, 9.17) is 9.97 Å². The molecule has 34 heavy (non-hydrogen) atoms. The van der Waals surface area contributed by atoms with Gasteiger partial charge in [0.05, 0.1) is 0 Å². The van der Waals surface area contributed by atoms with Crippen LogP contribution in [0.2, 0.25) is 0 Å². The summed E-state index contributed by atoms with van der Waals surface area (Å²) in [6.07, 6.45) is 0. The van der Waals surface area contributed by atoms with Gasteiger partial charge in [-0.25, -0.2) is 0 Å². The van der Waals surface area contributed by atoms with Gasteiger partial charge in [-0.3, -0.25) is 4.99 Å². The summed E-state index contributed by atoms with van der Waals surface area (Å²) < 4.78 is 0. The van der Waals surface area contributed by atoms with E-state index in [0.717, 1.165) is 36.6 Å². The van der Waals surface area contributed by atoms with Crippen molar-refractivity contribution in [2.75, 3.05) is 50.0 Å². The first-order valence-corrected chi connectivity index (χ1v) is 13.0. The number of aliphatic imine (C=N–C) groups is 1. The Bertz CT molecular complexity index is 1110. The van der Waals surface area contributed by atoms with Crippen LogP contribution in [0.5, 0.6) is 5.75 Å². The largest absolute Gasteiger partial charge is 0.508 e. The van der Waals surface area contributed by atoms with Crippen LogP contribution >= 0.6 is 23.5 Å². The lowest BCUT2D eigenvalue weighted by Gasteiger charge is -2.32. The number of rotatable bonds is 7. The van der Waals surface area contributed by atoms with Crippen molar-refractivity contribution >= 4 is 40.6 Å². The lowest BCUT2D eigenvalue weighted by molar-refractivity contribution is 0.311. The Labute approximate surface area is 208 Å². The number of aromatic nitrogens is 3. The van der Waals surface area contributed by atoms with Crippen molar-refractivity contribution in [2.24, 2.45) is 4.99 Å². The van der Waals surface area contributed by atoms with Gasteiger partial charge < -0.3 is 20.2 Å². The minimum Gasteiger partial charge on any atom is -0.508 e. The Morgan fingerprint density at radius 2 is 1.74 bits per heavy atom. The number of thioether (sulfide) groups is 1. The zero-order valence-corrected chi connectivity index (χ0v) is 21.0. The number of hydrogen-bond donors (Lipinski definition) is 2. The van der Waals surface area contributed by atoms with Crippen LogP contribution in [0.1, 0.15) is 12.5 Å². The molecule has 0 bridgehead atoms. The molecule has 0 saturated carbocycles. The first kappa shape index (κ1) is 24.3. The predicted molar refractivity (Wildman–Crippen MR) is 141 cm³/mol. The normalized spacial score (nSPS) is 14.9. The van der Waals surface area contributed by atoms with Crippen LogP contribution in [0.4, 0.5) is 11.9 Å². The zero-order valence-electron chi connectivity index (χ0n) is 19.4. The number of benzene rings is 2. The summed E-state index contributed by atoms with van der Waals surface area (Å²) in [6.45, 7) is 6.28. The van der Waals surface area contributed by atoms with Crippen molar-refractivity contribution in [1.82, 2.24) is 19.9 Å². The van der Waals surface area contributed by atoms with Crippen molar-refractivity contribution in [3.8, 4) is 5.75 Å².